The molecule has 412 valence electrons. The number of nitrogens with zero attached hydrogens (tertiary/aromatic N) is 6. The number of methoxy groups -OCH3 is 1. The molecule has 2 aromatic rings. The van der Waals surface area contributed by atoms with Crippen molar-refractivity contribution in [2.45, 2.75) is 161 Å². The standard InChI is InChI=1S/C57H84N8O10/c1-11-13-23-39(6)52(69)63-31-21-29-43(63)54(71)64-32-20-28-42(64)53(70)61(8)45(34-40-24-16-14-17-25-40)50(67)59-48(37(3)4)56(73)62(9)49(38(5)12-2)51(68)58-36-47(66)60(7)46(35-41-26-18-15-19-27-41)55(72)65-33-22-30-44(65)57(74)75-10/h14-19,24-27,37-39,42-46,48-49H,11-13,20-23,28-36H2,1-10H3,(H,58,68)(H,59,67)/t38-,39-,42-,43+,44-,45-,46+,48-,49-/m0/s1. The predicted molar refractivity (Wildman–Crippen MR) is 284 cm³/mol. The Kier molecular flexibility index (Phi) is 22.2. The van der Waals surface area contributed by atoms with Crippen LogP contribution in [0.1, 0.15) is 117 Å². The van der Waals surface area contributed by atoms with E-state index in [0.717, 1.165) is 30.4 Å². The number of hydrogen-bond donors (Lipinski definition) is 2. The second kappa shape index (κ2) is 28.0. The summed E-state index contributed by atoms with van der Waals surface area (Å²) in [5, 5.41) is 5.69. The molecule has 75 heavy (non-hydrogen) atoms. The maximum Gasteiger partial charge on any atom is 0.328 e. The van der Waals surface area contributed by atoms with E-state index in [1.54, 1.807) is 30.7 Å². The molecule has 3 heterocycles. The molecule has 0 bridgehead atoms. The molecule has 9 atom stereocenters. The van der Waals surface area contributed by atoms with Crippen molar-refractivity contribution in [2.75, 3.05) is 54.4 Å². The van der Waals surface area contributed by atoms with Gasteiger partial charge in [0.15, 0.2) is 0 Å². The molecule has 2 aromatic carbocycles. The lowest BCUT2D eigenvalue weighted by molar-refractivity contribution is -0.154. The van der Waals surface area contributed by atoms with E-state index in [-0.39, 0.29) is 30.6 Å². The maximum absolute atomic E-state index is 14.8. The van der Waals surface area contributed by atoms with Gasteiger partial charge in [0.1, 0.15) is 42.3 Å². The van der Waals surface area contributed by atoms with E-state index in [1.807, 2.05) is 81.4 Å². The third-order valence-corrected chi connectivity index (χ3v) is 15.7. The van der Waals surface area contributed by atoms with Crippen molar-refractivity contribution in [1.82, 2.24) is 40.0 Å². The first kappa shape index (κ1) is 59.5. The summed E-state index contributed by atoms with van der Waals surface area (Å²) in [5.41, 5.74) is 1.56. The fraction of sp³-hybridized carbons (Fsp3) is 0.632. The van der Waals surface area contributed by atoms with Gasteiger partial charge in [-0.1, -0.05) is 121 Å². The van der Waals surface area contributed by atoms with Gasteiger partial charge in [-0.25, -0.2) is 4.79 Å². The smallest absolute Gasteiger partial charge is 0.328 e. The summed E-state index contributed by atoms with van der Waals surface area (Å²) in [6, 6.07) is 11.8. The molecule has 0 unspecified atom stereocenters. The van der Waals surface area contributed by atoms with Crippen molar-refractivity contribution in [3.63, 3.8) is 0 Å². The predicted octanol–water partition coefficient (Wildman–Crippen LogP) is 4.23. The zero-order chi connectivity index (χ0) is 55.1. The molecule has 3 fully saturated rings. The Morgan fingerprint density at radius 2 is 1.19 bits per heavy atom. The Bertz CT molecular complexity index is 2300. The number of carbonyl (C=O) groups is 9. The second-order valence-corrected chi connectivity index (χ2v) is 21.2. The summed E-state index contributed by atoms with van der Waals surface area (Å²) in [4.78, 5) is 136. The number of benzene rings is 2. The Morgan fingerprint density at radius 1 is 0.653 bits per heavy atom. The van der Waals surface area contributed by atoms with E-state index < -0.39 is 102 Å². The van der Waals surface area contributed by atoms with E-state index in [1.165, 1.54) is 40.8 Å². The number of amides is 8. The minimum Gasteiger partial charge on any atom is -0.467 e. The van der Waals surface area contributed by atoms with Crippen molar-refractivity contribution < 1.29 is 47.9 Å². The first-order valence-corrected chi connectivity index (χ1v) is 27.2. The molecule has 5 rings (SSSR count). The van der Waals surface area contributed by atoms with Crippen LogP contribution in [-0.4, -0.2) is 179 Å². The number of nitrogens with one attached hydrogen (secondary N) is 2. The van der Waals surface area contributed by atoms with Crippen LogP contribution in [0.15, 0.2) is 60.7 Å². The normalized spacial score (nSPS) is 19.8. The summed E-state index contributed by atoms with van der Waals surface area (Å²) in [6.45, 7) is 11.9. The summed E-state index contributed by atoms with van der Waals surface area (Å²) in [7, 11) is 5.80. The van der Waals surface area contributed by atoms with Crippen LogP contribution in [0.25, 0.3) is 0 Å². The zero-order valence-electron chi connectivity index (χ0n) is 46.1. The molecule has 8 amide bonds. The number of esters is 1. The third-order valence-electron chi connectivity index (χ3n) is 15.7. The fourth-order valence-electron chi connectivity index (χ4n) is 10.9. The lowest BCUT2D eigenvalue weighted by Gasteiger charge is -2.37. The number of likely N-dealkylation sites (N-methyl/N-ethyl adjacent to an activating group) is 3. The first-order valence-electron chi connectivity index (χ1n) is 27.2. The molecule has 3 aliphatic rings. The highest BCUT2D eigenvalue weighted by molar-refractivity contribution is 5.98. The molecule has 0 aliphatic carbocycles. The van der Waals surface area contributed by atoms with Crippen molar-refractivity contribution in [2.24, 2.45) is 17.8 Å². The minimum absolute atomic E-state index is 0.0411. The van der Waals surface area contributed by atoms with E-state index in [2.05, 4.69) is 17.6 Å². The Morgan fingerprint density at radius 3 is 1.73 bits per heavy atom. The SMILES string of the molecule is CCCC[C@H](C)C(=O)N1CCC[C@@H]1C(=O)N1CCC[C@H]1C(=O)N(C)[C@@H](Cc1ccccc1)C(=O)N[C@H](C(=O)N(C)[C@H](C(=O)NCC(=O)N(C)[C@H](Cc1ccccc1)C(=O)N1CCC[C@H]1C(=O)OC)[C@@H](C)CC)C(C)C. The molecule has 18 heteroatoms. The molecule has 2 N–H and O–H groups in total. The van der Waals surface area contributed by atoms with Crippen molar-refractivity contribution in [3.8, 4) is 0 Å². The van der Waals surface area contributed by atoms with Crippen molar-refractivity contribution >= 4 is 53.2 Å². The van der Waals surface area contributed by atoms with Crippen molar-refractivity contribution in [3.05, 3.63) is 71.8 Å². The molecule has 0 spiro atoms. The fourth-order valence-corrected chi connectivity index (χ4v) is 10.9. The minimum atomic E-state index is -1.14. The van der Waals surface area contributed by atoms with Crippen LogP contribution < -0.4 is 10.6 Å². The van der Waals surface area contributed by atoms with Gasteiger partial charge in [0.05, 0.1) is 13.7 Å². The highest BCUT2D eigenvalue weighted by atomic mass is 16.5. The largest absolute Gasteiger partial charge is 0.467 e. The summed E-state index contributed by atoms with van der Waals surface area (Å²) in [6.07, 6.45) is 6.58. The van der Waals surface area contributed by atoms with Crippen LogP contribution in [0.3, 0.4) is 0 Å². The quantitative estimate of drug-likeness (QED) is 0.143. The van der Waals surface area contributed by atoms with Gasteiger partial charge < -0.3 is 44.8 Å². The van der Waals surface area contributed by atoms with Crippen LogP contribution in [-0.2, 0) is 60.7 Å². The number of carbonyl (C=O) groups excluding carboxylic acids is 9. The molecule has 0 aromatic heterocycles. The first-order chi connectivity index (χ1) is 35.8. The highest BCUT2D eigenvalue weighted by Crippen LogP contribution is 2.29. The van der Waals surface area contributed by atoms with Gasteiger partial charge in [-0.15, -0.1) is 0 Å². The molecular weight excluding hydrogens is 957 g/mol. The van der Waals surface area contributed by atoms with Crippen molar-refractivity contribution in [1.29, 1.82) is 0 Å². The zero-order valence-corrected chi connectivity index (χ0v) is 46.1. The summed E-state index contributed by atoms with van der Waals surface area (Å²) in [5.74, 6) is -5.06. The highest BCUT2D eigenvalue weighted by Gasteiger charge is 2.46. The lowest BCUT2D eigenvalue weighted by atomic mass is 9.94. The van der Waals surface area contributed by atoms with Gasteiger partial charge in [-0.2, -0.15) is 0 Å². The Hall–Kier alpha value is -6.33. The topological polar surface area (TPSA) is 206 Å². The monoisotopic (exact) mass is 1040 g/mol. The number of unbranched alkanes of at least 4 members (excludes halogenated alkanes) is 1. The molecule has 18 nitrogen and oxygen atoms in total. The summed E-state index contributed by atoms with van der Waals surface area (Å²) < 4.78 is 4.99. The summed E-state index contributed by atoms with van der Waals surface area (Å²) >= 11 is 0. The van der Waals surface area contributed by atoms with E-state index in [9.17, 15) is 43.2 Å². The Labute approximate surface area is 444 Å². The van der Waals surface area contributed by atoms with Gasteiger partial charge >= 0.3 is 5.97 Å². The average Bonchev–Trinajstić information content (AvgIpc) is 4.23. The van der Waals surface area contributed by atoms with Gasteiger partial charge in [0, 0.05) is 59.5 Å². The van der Waals surface area contributed by atoms with Crippen LogP contribution in [0.2, 0.25) is 0 Å². The van der Waals surface area contributed by atoms with E-state index >= 15 is 0 Å². The van der Waals surface area contributed by atoms with Gasteiger partial charge in [0.25, 0.3) is 0 Å². The van der Waals surface area contributed by atoms with E-state index in [0.29, 0.717) is 64.6 Å². The second-order valence-electron chi connectivity index (χ2n) is 21.2. The van der Waals surface area contributed by atoms with Crippen LogP contribution in [0.5, 0.6) is 0 Å². The number of likely N-dealkylation sites (tertiary alicyclic amines) is 3. The maximum atomic E-state index is 14.8. The number of rotatable bonds is 24. The molecule has 0 radical (unpaired) electrons. The molecule has 0 saturated carbocycles. The molecule has 3 saturated heterocycles. The van der Waals surface area contributed by atoms with E-state index in [4.69, 9.17) is 4.74 Å². The molecule has 3 aliphatic heterocycles. The average molecular weight is 1040 g/mol. The van der Waals surface area contributed by atoms with Gasteiger partial charge in [-0.05, 0) is 67.9 Å². The van der Waals surface area contributed by atoms with Gasteiger partial charge in [-0.3, -0.25) is 38.4 Å². The molecular formula is C57H84N8O10. The van der Waals surface area contributed by atoms with Crippen LogP contribution in [0.4, 0.5) is 0 Å². The third kappa shape index (κ3) is 14.7. The van der Waals surface area contributed by atoms with Crippen LogP contribution >= 0.6 is 0 Å². The Balaban J connectivity index is 1.32. The van der Waals surface area contributed by atoms with Crippen LogP contribution in [0, 0.1) is 17.8 Å². The number of ether oxygens (including phenoxy) is 1. The lowest BCUT2D eigenvalue weighted by Crippen LogP contribution is -2.61. The number of hydrogen-bond acceptors (Lipinski definition) is 10. The van der Waals surface area contributed by atoms with Gasteiger partial charge in [0.2, 0.25) is 47.3 Å².